The summed E-state index contributed by atoms with van der Waals surface area (Å²) in [5.41, 5.74) is 3.34. The van der Waals surface area contributed by atoms with Crippen LogP contribution in [0.25, 0.3) is 0 Å². The van der Waals surface area contributed by atoms with Crippen LogP contribution in [-0.2, 0) is 6.54 Å². The molecule has 0 aliphatic carbocycles. The molecular weight excluding hydrogens is 424 g/mol. The van der Waals surface area contributed by atoms with Crippen LogP contribution in [0, 0.1) is 0 Å². The summed E-state index contributed by atoms with van der Waals surface area (Å²) in [5.74, 6) is 0.0374. The van der Waals surface area contributed by atoms with Gasteiger partial charge in [-0.1, -0.05) is 30.3 Å². The maximum Gasteiger partial charge on any atom is 0.253 e. The van der Waals surface area contributed by atoms with Crippen molar-refractivity contribution in [1.29, 1.82) is 0 Å². The highest BCUT2D eigenvalue weighted by Gasteiger charge is 2.28. The van der Waals surface area contributed by atoms with E-state index in [0.29, 0.717) is 12.6 Å². The topological polar surface area (TPSA) is 50.3 Å². The van der Waals surface area contributed by atoms with Crippen molar-refractivity contribution >= 4 is 11.6 Å². The molecule has 3 fully saturated rings. The maximum atomic E-state index is 12.8. The number of rotatable bonds is 5. The number of anilines is 1. The monoisotopic (exact) mass is 462 g/mol. The Bertz CT molecular complexity index is 919. The zero-order valence-electron chi connectivity index (χ0n) is 20.2. The average Bonchev–Trinajstić information content (AvgIpc) is 2.90. The molecule has 3 aliphatic rings. The van der Waals surface area contributed by atoms with E-state index in [9.17, 15) is 9.90 Å². The minimum atomic E-state index is -0.384. The van der Waals surface area contributed by atoms with Crippen LogP contribution in [0.15, 0.2) is 54.6 Å². The summed E-state index contributed by atoms with van der Waals surface area (Å²) >= 11 is 0. The van der Waals surface area contributed by atoms with E-state index in [1.54, 1.807) is 4.90 Å². The minimum Gasteiger partial charge on any atom is -0.391 e. The molecule has 0 bridgehead atoms. The van der Waals surface area contributed by atoms with Gasteiger partial charge in [0.25, 0.3) is 5.91 Å². The fourth-order valence-corrected chi connectivity index (χ4v) is 5.75. The van der Waals surface area contributed by atoms with Gasteiger partial charge in [0, 0.05) is 76.2 Å². The SMILES string of the molecule is O=C(c1ccc(N2CCC(N3CCN(Cc4ccccc4)CC3)CC2)cc1)N1CCCC(O)C1. The number of amides is 1. The molecule has 182 valence electrons. The average molecular weight is 463 g/mol. The van der Waals surface area contributed by atoms with E-state index in [-0.39, 0.29) is 12.0 Å². The lowest BCUT2D eigenvalue weighted by molar-refractivity contribution is 0.0474. The van der Waals surface area contributed by atoms with E-state index in [0.717, 1.165) is 57.7 Å². The molecule has 1 unspecified atom stereocenters. The lowest BCUT2D eigenvalue weighted by atomic mass is 10.0. The summed E-state index contributed by atoms with van der Waals surface area (Å²) in [4.78, 5) is 22.3. The van der Waals surface area contributed by atoms with Gasteiger partial charge in [-0.3, -0.25) is 14.6 Å². The van der Waals surface area contributed by atoms with E-state index < -0.39 is 0 Å². The normalized spacial score (nSPS) is 23.3. The molecule has 1 atom stereocenters. The second-order valence-corrected chi connectivity index (χ2v) is 10.1. The number of hydrogen-bond donors (Lipinski definition) is 1. The number of piperazine rings is 1. The Morgan fingerprint density at radius 2 is 1.53 bits per heavy atom. The molecule has 6 heteroatoms. The first-order chi connectivity index (χ1) is 16.7. The van der Waals surface area contributed by atoms with Crippen LogP contribution in [0.2, 0.25) is 0 Å². The molecule has 3 saturated heterocycles. The number of benzene rings is 2. The molecule has 5 rings (SSSR count). The van der Waals surface area contributed by atoms with Gasteiger partial charge >= 0.3 is 0 Å². The first-order valence-electron chi connectivity index (χ1n) is 13.0. The highest BCUT2D eigenvalue weighted by molar-refractivity contribution is 5.94. The Kier molecular flexibility index (Phi) is 7.48. The second kappa shape index (κ2) is 10.9. The van der Waals surface area contributed by atoms with E-state index in [4.69, 9.17) is 0 Å². The van der Waals surface area contributed by atoms with Crippen LogP contribution in [0.5, 0.6) is 0 Å². The standard InChI is InChI=1S/C28H38N4O2/c33-27-7-4-14-32(22-27)28(34)24-8-10-25(11-9-24)30-15-12-26(13-16-30)31-19-17-29(18-20-31)21-23-5-2-1-3-6-23/h1-3,5-6,8-11,26-27,33H,4,7,12-22H2. The molecule has 0 aromatic heterocycles. The third-order valence-electron chi connectivity index (χ3n) is 7.80. The van der Waals surface area contributed by atoms with E-state index in [1.165, 1.54) is 37.2 Å². The number of aliphatic hydroxyl groups excluding tert-OH is 1. The lowest BCUT2D eigenvalue weighted by Crippen LogP contribution is -2.53. The maximum absolute atomic E-state index is 12.8. The van der Waals surface area contributed by atoms with Gasteiger partial charge in [0.1, 0.15) is 0 Å². The molecule has 2 aromatic rings. The number of piperidine rings is 2. The quantitative estimate of drug-likeness (QED) is 0.740. The minimum absolute atomic E-state index is 0.0374. The van der Waals surface area contributed by atoms with Crippen molar-refractivity contribution in [3.63, 3.8) is 0 Å². The van der Waals surface area contributed by atoms with Crippen LogP contribution >= 0.6 is 0 Å². The third kappa shape index (κ3) is 5.62. The van der Waals surface area contributed by atoms with Crippen molar-refractivity contribution in [3.05, 3.63) is 65.7 Å². The molecular formula is C28H38N4O2. The van der Waals surface area contributed by atoms with Gasteiger partial charge in [-0.25, -0.2) is 0 Å². The smallest absolute Gasteiger partial charge is 0.253 e. The number of carbonyl (C=O) groups is 1. The molecule has 0 radical (unpaired) electrons. The predicted octanol–water partition coefficient (Wildman–Crippen LogP) is 3.07. The lowest BCUT2D eigenvalue weighted by Gasteiger charge is -2.43. The molecule has 1 N–H and O–H groups in total. The van der Waals surface area contributed by atoms with Gasteiger partial charge in [-0.15, -0.1) is 0 Å². The largest absolute Gasteiger partial charge is 0.391 e. The zero-order chi connectivity index (χ0) is 23.3. The van der Waals surface area contributed by atoms with Crippen molar-refractivity contribution in [2.45, 2.75) is 44.4 Å². The van der Waals surface area contributed by atoms with Gasteiger partial charge in [0.2, 0.25) is 0 Å². The number of aliphatic hydroxyl groups is 1. The van der Waals surface area contributed by atoms with E-state index >= 15 is 0 Å². The van der Waals surface area contributed by atoms with Crippen molar-refractivity contribution in [2.24, 2.45) is 0 Å². The summed E-state index contributed by atoms with van der Waals surface area (Å²) in [6, 6.07) is 19.6. The summed E-state index contributed by atoms with van der Waals surface area (Å²) in [5, 5.41) is 9.87. The Morgan fingerprint density at radius 1 is 0.824 bits per heavy atom. The van der Waals surface area contributed by atoms with Crippen LogP contribution < -0.4 is 4.90 Å². The van der Waals surface area contributed by atoms with Crippen molar-refractivity contribution in [1.82, 2.24) is 14.7 Å². The Morgan fingerprint density at radius 3 is 2.21 bits per heavy atom. The van der Waals surface area contributed by atoms with Crippen molar-refractivity contribution in [2.75, 3.05) is 57.3 Å². The molecule has 34 heavy (non-hydrogen) atoms. The van der Waals surface area contributed by atoms with Crippen molar-refractivity contribution in [3.8, 4) is 0 Å². The summed E-state index contributed by atoms with van der Waals surface area (Å²) in [7, 11) is 0. The molecule has 1 amide bonds. The Labute approximate surface area is 203 Å². The summed E-state index contributed by atoms with van der Waals surface area (Å²) in [6.07, 6.45) is 3.69. The third-order valence-corrected chi connectivity index (χ3v) is 7.80. The molecule has 0 saturated carbocycles. The molecule has 3 heterocycles. The second-order valence-electron chi connectivity index (χ2n) is 10.1. The Hall–Kier alpha value is -2.41. The zero-order valence-corrected chi connectivity index (χ0v) is 20.2. The fraction of sp³-hybridized carbons (Fsp3) is 0.536. The van der Waals surface area contributed by atoms with Gasteiger partial charge in [0.05, 0.1) is 6.10 Å². The number of likely N-dealkylation sites (tertiary alicyclic amines) is 1. The molecule has 3 aliphatic heterocycles. The fourth-order valence-electron chi connectivity index (χ4n) is 5.75. The first kappa shape index (κ1) is 23.3. The number of nitrogens with zero attached hydrogens (tertiary/aromatic N) is 4. The molecule has 0 spiro atoms. The van der Waals surface area contributed by atoms with Gasteiger partial charge in [-0.05, 0) is 55.5 Å². The van der Waals surface area contributed by atoms with Crippen molar-refractivity contribution < 1.29 is 9.90 Å². The van der Waals surface area contributed by atoms with Crippen LogP contribution in [-0.4, -0.2) is 90.2 Å². The highest BCUT2D eigenvalue weighted by Crippen LogP contribution is 2.25. The highest BCUT2D eigenvalue weighted by atomic mass is 16.3. The summed E-state index contributed by atoms with van der Waals surface area (Å²) < 4.78 is 0. The molecule has 6 nitrogen and oxygen atoms in total. The van der Waals surface area contributed by atoms with E-state index in [2.05, 4.69) is 57.2 Å². The number of hydrogen-bond acceptors (Lipinski definition) is 5. The van der Waals surface area contributed by atoms with Gasteiger partial charge < -0.3 is 14.9 Å². The Balaban J connectivity index is 1.08. The van der Waals surface area contributed by atoms with Gasteiger partial charge in [0.15, 0.2) is 0 Å². The summed E-state index contributed by atoms with van der Waals surface area (Å²) in [6.45, 7) is 9.03. The van der Waals surface area contributed by atoms with Crippen LogP contribution in [0.3, 0.4) is 0 Å². The first-order valence-corrected chi connectivity index (χ1v) is 13.0. The molecule has 2 aromatic carbocycles. The van der Waals surface area contributed by atoms with Gasteiger partial charge in [-0.2, -0.15) is 0 Å². The van der Waals surface area contributed by atoms with E-state index in [1.807, 2.05) is 12.1 Å². The predicted molar refractivity (Wildman–Crippen MR) is 136 cm³/mol. The van der Waals surface area contributed by atoms with Crippen LogP contribution in [0.4, 0.5) is 5.69 Å². The number of carbonyl (C=O) groups excluding carboxylic acids is 1. The number of β-amino-alcohol motifs (C(OH)–C–C–N with tert-alkyl or cyclic N) is 1. The van der Waals surface area contributed by atoms with Crippen LogP contribution in [0.1, 0.15) is 41.6 Å².